The van der Waals surface area contributed by atoms with E-state index < -0.39 is 0 Å². The standard InChI is InChI=1S/C21H30N2O3/c24-20(12-11-18-7-3-1-4-8-18)22-13-15-23(16-14-22)21(25)26-17-19-9-5-2-6-10-19/h2,5-6,9-10,18H,1,3-4,7-8,11-17H2. The highest BCUT2D eigenvalue weighted by Crippen LogP contribution is 2.27. The summed E-state index contributed by atoms with van der Waals surface area (Å²) in [6.45, 7) is 2.64. The van der Waals surface area contributed by atoms with E-state index in [0.29, 0.717) is 39.2 Å². The molecule has 1 saturated heterocycles. The number of ether oxygens (including phenoxy) is 1. The summed E-state index contributed by atoms with van der Waals surface area (Å²) in [5, 5.41) is 0. The van der Waals surface area contributed by atoms with Gasteiger partial charge in [-0.1, -0.05) is 62.4 Å². The average molecular weight is 358 g/mol. The third kappa shape index (κ3) is 5.48. The Morgan fingerprint density at radius 1 is 0.923 bits per heavy atom. The van der Waals surface area contributed by atoms with Crippen molar-refractivity contribution in [2.45, 2.75) is 51.6 Å². The number of carbonyl (C=O) groups is 2. The van der Waals surface area contributed by atoms with Crippen molar-refractivity contribution in [2.24, 2.45) is 5.92 Å². The maximum absolute atomic E-state index is 12.4. The minimum absolute atomic E-state index is 0.243. The maximum atomic E-state index is 12.4. The van der Waals surface area contributed by atoms with E-state index in [1.807, 2.05) is 35.2 Å². The maximum Gasteiger partial charge on any atom is 0.410 e. The van der Waals surface area contributed by atoms with E-state index in [-0.39, 0.29) is 12.0 Å². The minimum atomic E-state index is -0.289. The van der Waals surface area contributed by atoms with Crippen LogP contribution in [0.4, 0.5) is 4.79 Å². The van der Waals surface area contributed by atoms with Gasteiger partial charge in [-0.25, -0.2) is 4.79 Å². The van der Waals surface area contributed by atoms with E-state index in [4.69, 9.17) is 4.74 Å². The minimum Gasteiger partial charge on any atom is -0.445 e. The molecule has 26 heavy (non-hydrogen) atoms. The molecular formula is C21H30N2O3. The van der Waals surface area contributed by atoms with Gasteiger partial charge in [-0.3, -0.25) is 4.79 Å². The molecule has 1 aromatic carbocycles. The van der Waals surface area contributed by atoms with Crippen LogP contribution in [0.3, 0.4) is 0 Å². The van der Waals surface area contributed by atoms with E-state index in [2.05, 4.69) is 0 Å². The lowest BCUT2D eigenvalue weighted by molar-refractivity contribution is -0.133. The number of carbonyl (C=O) groups excluding carboxylic acids is 2. The van der Waals surface area contributed by atoms with Crippen LogP contribution in [0.25, 0.3) is 0 Å². The van der Waals surface area contributed by atoms with Crippen LogP contribution in [0, 0.1) is 5.92 Å². The molecule has 0 unspecified atom stereocenters. The lowest BCUT2D eigenvalue weighted by Crippen LogP contribution is -2.50. The molecule has 1 saturated carbocycles. The Hall–Kier alpha value is -2.04. The molecule has 142 valence electrons. The number of benzene rings is 1. The van der Waals surface area contributed by atoms with Crippen LogP contribution in [0.1, 0.15) is 50.5 Å². The van der Waals surface area contributed by atoms with Crippen LogP contribution in [0.15, 0.2) is 30.3 Å². The van der Waals surface area contributed by atoms with Crippen LogP contribution in [-0.2, 0) is 16.1 Å². The van der Waals surface area contributed by atoms with Crippen LogP contribution < -0.4 is 0 Å². The molecule has 0 aromatic heterocycles. The monoisotopic (exact) mass is 358 g/mol. The zero-order valence-corrected chi connectivity index (χ0v) is 15.6. The van der Waals surface area contributed by atoms with Gasteiger partial charge in [0.15, 0.2) is 0 Å². The molecule has 2 amide bonds. The summed E-state index contributed by atoms with van der Waals surface area (Å²) in [5.74, 6) is 0.981. The van der Waals surface area contributed by atoms with Crippen molar-refractivity contribution < 1.29 is 14.3 Å². The molecule has 2 aliphatic rings. The zero-order valence-electron chi connectivity index (χ0n) is 15.6. The first-order valence-electron chi connectivity index (χ1n) is 9.96. The second-order valence-electron chi connectivity index (χ2n) is 7.45. The molecule has 0 radical (unpaired) electrons. The first-order chi connectivity index (χ1) is 12.7. The molecule has 5 heteroatoms. The quantitative estimate of drug-likeness (QED) is 0.804. The van der Waals surface area contributed by atoms with E-state index in [1.165, 1.54) is 32.1 Å². The highest BCUT2D eigenvalue weighted by Gasteiger charge is 2.25. The highest BCUT2D eigenvalue weighted by molar-refractivity contribution is 5.76. The molecule has 1 aliphatic carbocycles. The molecule has 0 spiro atoms. The Labute approximate surface area is 156 Å². The molecule has 0 atom stereocenters. The Morgan fingerprint density at radius 3 is 2.27 bits per heavy atom. The van der Waals surface area contributed by atoms with Gasteiger partial charge in [-0.2, -0.15) is 0 Å². The predicted molar refractivity (Wildman–Crippen MR) is 101 cm³/mol. The van der Waals surface area contributed by atoms with Crippen molar-refractivity contribution in [2.75, 3.05) is 26.2 Å². The SMILES string of the molecule is O=C(CCC1CCCCC1)N1CCN(C(=O)OCc2ccccc2)CC1. The first kappa shape index (κ1) is 18.7. The lowest BCUT2D eigenvalue weighted by Gasteiger charge is -2.34. The fraction of sp³-hybridized carbons (Fsp3) is 0.619. The molecule has 1 aliphatic heterocycles. The number of hydrogen-bond acceptors (Lipinski definition) is 3. The van der Waals surface area contributed by atoms with E-state index >= 15 is 0 Å². The molecule has 3 rings (SSSR count). The van der Waals surface area contributed by atoms with Gasteiger partial charge in [0.1, 0.15) is 6.61 Å². The van der Waals surface area contributed by atoms with Crippen LogP contribution >= 0.6 is 0 Å². The van der Waals surface area contributed by atoms with E-state index in [0.717, 1.165) is 17.9 Å². The van der Waals surface area contributed by atoms with Gasteiger partial charge in [0, 0.05) is 32.6 Å². The fourth-order valence-electron chi connectivity index (χ4n) is 3.91. The van der Waals surface area contributed by atoms with Gasteiger partial charge in [0.05, 0.1) is 0 Å². The smallest absolute Gasteiger partial charge is 0.410 e. The number of amides is 2. The summed E-state index contributed by atoms with van der Waals surface area (Å²) in [7, 11) is 0. The molecule has 5 nitrogen and oxygen atoms in total. The Kier molecular flexibility index (Phi) is 6.92. The first-order valence-corrected chi connectivity index (χ1v) is 9.96. The van der Waals surface area contributed by atoms with Gasteiger partial charge in [0.2, 0.25) is 5.91 Å². The van der Waals surface area contributed by atoms with Gasteiger partial charge in [0.25, 0.3) is 0 Å². The highest BCUT2D eigenvalue weighted by atomic mass is 16.6. The molecule has 0 N–H and O–H groups in total. The summed E-state index contributed by atoms with van der Waals surface area (Å²) < 4.78 is 5.37. The topological polar surface area (TPSA) is 49.9 Å². The van der Waals surface area contributed by atoms with Crippen LogP contribution in [0.5, 0.6) is 0 Å². The number of hydrogen-bond donors (Lipinski definition) is 0. The predicted octanol–water partition coefficient (Wildman–Crippen LogP) is 3.83. The van der Waals surface area contributed by atoms with Crippen LogP contribution in [-0.4, -0.2) is 48.0 Å². The lowest BCUT2D eigenvalue weighted by atomic mass is 9.86. The normalized spacial score (nSPS) is 18.6. The summed E-state index contributed by atoms with van der Waals surface area (Å²) in [4.78, 5) is 28.2. The molecule has 0 bridgehead atoms. The summed E-state index contributed by atoms with van der Waals surface area (Å²) in [6.07, 6.45) is 7.96. The van der Waals surface area contributed by atoms with Crippen LogP contribution in [0.2, 0.25) is 0 Å². The molecule has 1 heterocycles. The third-order valence-corrected chi connectivity index (χ3v) is 5.59. The molecular weight excluding hydrogens is 328 g/mol. The Bertz CT molecular complexity index is 576. The zero-order chi connectivity index (χ0) is 18.2. The van der Waals surface area contributed by atoms with Gasteiger partial charge >= 0.3 is 6.09 Å². The Morgan fingerprint density at radius 2 is 1.58 bits per heavy atom. The van der Waals surface area contributed by atoms with Crippen molar-refractivity contribution in [1.82, 2.24) is 9.80 Å². The van der Waals surface area contributed by atoms with E-state index in [1.54, 1.807) is 4.90 Å². The summed E-state index contributed by atoms with van der Waals surface area (Å²) in [6, 6.07) is 9.68. The van der Waals surface area contributed by atoms with Crippen molar-refractivity contribution in [3.8, 4) is 0 Å². The third-order valence-electron chi connectivity index (χ3n) is 5.59. The van der Waals surface area contributed by atoms with Gasteiger partial charge in [-0.05, 0) is 17.9 Å². The summed E-state index contributed by atoms with van der Waals surface area (Å²) in [5.41, 5.74) is 0.984. The Balaban J connectivity index is 1.35. The number of rotatable bonds is 5. The second kappa shape index (κ2) is 9.60. The van der Waals surface area contributed by atoms with Crippen molar-refractivity contribution in [3.05, 3.63) is 35.9 Å². The number of nitrogens with zero attached hydrogens (tertiary/aromatic N) is 2. The molecule has 2 fully saturated rings. The van der Waals surface area contributed by atoms with E-state index in [9.17, 15) is 9.59 Å². The van der Waals surface area contributed by atoms with Gasteiger partial charge < -0.3 is 14.5 Å². The molecule has 1 aromatic rings. The van der Waals surface area contributed by atoms with Crippen molar-refractivity contribution in [3.63, 3.8) is 0 Å². The van der Waals surface area contributed by atoms with Crippen molar-refractivity contribution in [1.29, 1.82) is 0 Å². The largest absolute Gasteiger partial charge is 0.445 e. The number of piperazine rings is 1. The van der Waals surface area contributed by atoms with Gasteiger partial charge in [-0.15, -0.1) is 0 Å². The second-order valence-corrected chi connectivity index (χ2v) is 7.45. The average Bonchev–Trinajstić information content (AvgIpc) is 2.72. The fourth-order valence-corrected chi connectivity index (χ4v) is 3.91. The van der Waals surface area contributed by atoms with Crippen molar-refractivity contribution >= 4 is 12.0 Å². The summed E-state index contributed by atoms with van der Waals surface area (Å²) >= 11 is 0.